The maximum Gasteiger partial charge on any atom is 0.139 e. The van der Waals surface area contributed by atoms with Gasteiger partial charge < -0.3 is 10.6 Å². The van der Waals surface area contributed by atoms with E-state index >= 15 is 0 Å². The Hall–Kier alpha value is -1.16. The number of pyridine rings is 1. The van der Waals surface area contributed by atoms with Crippen LogP contribution in [0.15, 0.2) is 12.1 Å². The van der Waals surface area contributed by atoms with E-state index in [2.05, 4.69) is 11.8 Å². The minimum absolute atomic E-state index is 0.448. The number of thiocarbonyl (C=S) groups is 1. The quantitative estimate of drug-likeness (QED) is 0.858. The second-order valence-electron chi connectivity index (χ2n) is 5.32. The lowest BCUT2D eigenvalue weighted by atomic mass is 9.97. The lowest BCUT2D eigenvalue weighted by molar-refractivity contribution is 0.431. The van der Waals surface area contributed by atoms with Crippen molar-refractivity contribution in [2.45, 2.75) is 52.0 Å². The van der Waals surface area contributed by atoms with Gasteiger partial charge in [-0.15, -0.1) is 0 Å². The predicted octanol–water partition coefficient (Wildman–Crippen LogP) is 3.18. The Bertz CT molecular complexity index is 457. The van der Waals surface area contributed by atoms with Crippen LogP contribution in [-0.4, -0.2) is 22.6 Å². The van der Waals surface area contributed by atoms with Crippen molar-refractivity contribution in [3.63, 3.8) is 0 Å². The molecule has 0 amide bonds. The highest BCUT2D eigenvalue weighted by Gasteiger charge is 2.25. The third-order valence-electron chi connectivity index (χ3n) is 3.80. The Labute approximate surface area is 121 Å². The van der Waals surface area contributed by atoms with E-state index in [1.54, 1.807) is 0 Å². The Morgan fingerprint density at radius 2 is 2.26 bits per heavy atom. The van der Waals surface area contributed by atoms with Gasteiger partial charge in [-0.2, -0.15) is 0 Å². The van der Waals surface area contributed by atoms with Crippen molar-refractivity contribution in [1.82, 2.24) is 4.98 Å². The molecule has 0 radical (unpaired) electrons. The molecule has 1 saturated heterocycles. The molecule has 1 atom stereocenters. The van der Waals surface area contributed by atoms with Gasteiger partial charge in [-0.05, 0) is 44.7 Å². The third kappa shape index (κ3) is 3.24. The van der Waals surface area contributed by atoms with Crippen LogP contribution in [0.4, 0.5) is 5.82 Å². The number of rotatable bonds is 4. The molecule has 0 spiro atoms. The van der Waals surface area contributed by atoms with Crippen LogP contribution in [0.5, 0.6) is 0 Å². The van der Waals surface area contributed by atoms with Crippen LogP contribution in [0.2, 0.25) is 0 Å². The van der Waals surface area contributed by atoms with Crippen molar-refractivity contribution in [3.8, 4) is 0 Å². The van der Waals surface area contributed by atoms with Gasteiger partial charge in [0.25, 0.3) is 0 Å². The van der Waals surface area contributed by atoms with Crippen molar-refractivity contribution in [2.24, 2.45) is 5.73 Å². The first kappa shape index (κ1) is 14.3. The smallest absolute Gasteiger partial charge is 0.139 e. The van der Waals surface area contributed by atoms with Crippen molar-refractivity contribution in [3.05, 3.63) is 23.4 Å². The number of hydrogen-bond acceptors (Lipinski definition) is 3. The summed E-state index contributed by atoms with van der Waals surface area (Å²) in [5.74, 6) is 0.991. The van der Waals surface area contributed by atoms with Gasteiger partial charge in [-0.3, -0.25) is 0 Å². The summed E-state index contributed by atoms with van der Waals surface area (Å²) in [7, 11) is 0. The number of hydrogen-bond donors (Lipinski definition) is 1. The highest BCUT2D eigenvalue weighted by atomic mass is 32.1. The van der Waals surface area contributed by atoms with E-state index in [0.29, 0.717) is 11.0 Å². The molecule has 19 heavy (non-hydrogen) atoms. The van der Waals surface area contributed by atoms with E-state index in [0.717, 1.165) is 23.6 Å². The number of piperidine rings is 1. The molecule has 2 rings (SSSR count). The first-order chi connectivity index (χ1) is 9.13. The maximum absolute atomic E-state index is 5.86. The lowest BCUT2D eigenvalue weighted by Crippen LogP contribution is -2.41. The molecule has 1 unspecified atom stereocenters. The Kier molecular flexibility index (Phi) is 4.75. The van der Waals surface area contributed by atoms with Crippen LogP contribution >= 0.6 is 12.2 Å². The Balaban J connectivity index is 2.37. The highest BCUT2D eigenvalue weighted by Crippen LogP contribution is 2.28. The molecule has 1 aromatic heterocycles. The second kappa shape index (κ2) is 6.33. The molecule has 0 aromatic carbocycles. The predicted molar refractivity (Wildman–Crippen MR) is 84.8 cm³/mol. The van der Waals surface area contributed by atoms with Crippen LogP contribution < -0.4 is 10.6 Å². The van der Waals surface area contributed by atoms with Crippen LogP contribution in [0.25, 0.3) is 0 Å². The molecular formula is C15H23N3S. The average molecular weight is 277 g/mol. The topological polar surface area (TPSA) is 42.2 Å². The molecule has 0 bridgehead atoms. The van der Waals surface area contributed by atoms with E-state index in [-0.39, 0.29) is 0 Å². The van der Waals surface area contributed by atoms with Crippen molar-refractivity contribution in [2.75, 3.05) is 11.4 Å². The molecule has 1 aliphatic rings. The van der Waals surface area contributed by atoms with Crippen molar-refractivity contribution < 1.29 is 0 Å². The number of anilines is 1. The molecular weight excluding hydrogens is 254 g/mol. The number of aryl methyl sites for hydroxylation is 1. The average Bonchev–Trinajstić information content (AvgIpc) is 2.39. The zero-order chi connectivity index (χ0) is 13.8. The van der Waals surface area contributed by atoms with E-state index in [9.17, 15) is 0 Å². The normalized spacial score (nSPS) is 19.5. The van der Waals surface area contributed by atoms with Gasteiger partial charge in [-0.1, -0.05) is 25.6 Å². The molecule has 1 aromatic rings. The Morgan fingerprint density at radius 3 is 2.95 bits per heavy atom. The number of nitrogens with two attached hydrogens (primary N) is 1. The summed E-state index contributed by atoms with van der Waals surface area (Å²) in [6.07, 6.45) is 6.21. The van der Waals surface area contributed by atoms with Gasteiger partial charge in [0, 0.05) is 18.3 Å². The zero-order valence-electron chi connectivity index (χ0n) is 11.9. The summed E-state index contributed by atoms with van der Waals surface area (Å²) in [6, 6.07) is 4.58. The van der Waals surface area contributed by atoms with E-state index in [1.807, 2.05) is 19.1 Å². The van der Waals surface area contributed by atoms with Crippen LogP contribution in [-0.2, 0) is 0 Å². The summed E-state index contributed by atoms with van der Waals surface area (Å²) in [6.45, 7) is 5.33. The molecule has 0 saturated carbocycles. The molecule has 3 nitrogen and oxygen atoms in total. The lowest BCUT2D eigenvalue weighted by Gasteiger charge is -2.37. The molecule has 1 aliphatic heterocycles. The minimum Gasteiger partial charge on any atom is -0.389 e. The van der Waals surface area contributed by atoms with E-state index in [1.165, 1.54) is 32.1 Å². The van der Waals surface area contributed by atoms with Crippen molar-refractivity contribution >= 4 is 23.0 Å². The summed E-state index contributed by atoms with van der Waals surface area (Å²) in [4.78, 5) is 7.58. The van der Waals surface area contributed by atoms with Crippen LogP contribution in [0, 0.1) is 6.92 Å². The minimum atomic E-state index is 0.448. The Morgan fingerprint density at radius 1 is 1.47 bits per heavy atom. The molecule has 2 N–H and O–H groups in total. The van der Waals surface area contributed by atoms with E-state index < -0.39 is 0 Å². The van der Waals surface area contributed by atoms with Crippen LogP contribution in [0.1, 0.15) is 50.3 Å². The monoisotopic (exact) mass is 277 g/mol. The van der Waals surface area contributed by atoms with Crippen LogP contribution in [0.3, 0.4) is 0 Å². The second-order valence-corrected chi connectivity index (χ2v) is 5.76. The third-order valence-corrected chi connectivity index (χ3v) is 4.02. The fraction of sp³-hybridized carbons (Fsp3) is 0.600. The fourth-order valence-electron chi connectivity index (χ4n) is 2.87. The summed E-state index contributed by atoms with van der Waals surface area (Å²) < 4.78 is 0. The zero-order valence-corrected chi connectivity index (χ0v) is 12.7. The molecule has 1 fully saturated rings. The van der Waals surface area contributed by atoms with Gasteiger partial charge in [0.15, 0.2) is 0 Å². The summed E-state index contributed by atoms with van der Waals surface area (Å²) in [5.41, 5.74) is 7.80. The highest BCUT2D eigenvalue weighted by molar-refractivity contribution is 7.80. The number of aromatic nitrogens is 1. The van der Waals surface area contributed by atoms with Gasteiger partial charge >= 0.3 is 0 Å². The first-order valence-electron chi connectivity index (χ1n) is 7.17. The summed E-state index contributed by atoms with van der Waals surface area (Å²) >= 11 is 5.18. The maximum atomic E-state index is 5.86. The van der Waals surface area contributed by atoms with Gasteiger partial charge in [0.1, 0.15) is 10.8 Å². The molecule has 104 valence electrons. The SMILES string of the molecule is CCCC1CCCCN1c1nc(C)ccc1C(N)=S. The van der Waals surface area contributed by atoms with E-state index in [4.69, 9.17) is 22.9 Å². The largest absolute Gasteiger partial charge is 0.389 e. The molecule has 4 heteroatoms. The van der Waals surface area contributed by atoms with Gasteiger partial charge in [0.05, 0.1) is 5.56 Å². The van der Waals surface area contributed by atoms with Gasteiger partial charge in [-0.25, -0.2) is 4.98 Å². The standard InChI is InChI=1S/C15H23N3S/c1-3-6-12-7-4-5-10-18(12)15-13(14(16)19)9-8-11(2)17-15/h8-9,12H,3-7,10H2,1-2H3,(H2,16,19). The summed E-state index contributed by atoms with van der Waals surface area (Å²) in [5, 5.41) is 0. The fourth-order valence-corrected chi connectivity index (χ4v) is 3.03. The van der Waals surface area contributed by atoms with Gasteiger partial charge in [0.2, 0.25) is 0 Å². The first-order valence-corrected chi connectivity index (χ1v) is 7.58. The molecule has 0 aliphatic carbocycles. The number of nitrogens with zero attached hydrogens (tertiary/aromatic N) is 2. The molecule has 2 heterocycles. The van der Waals surface area contributed by atoms with Crippen molar-refractivity contribution in [1.29, 1.82) is 0 Å².